The van der Waals surface area contributed by atoms with Gasteiger partial charge in [-0.1, -0.05) is 30.3 Å². The lowest BCUT2D eigenvalue weighted by molar-refractivity contribution is -0.141. The topological polar surface area (TPSA) is 30.2 Å². The second kappa shape index (κ2) is 4.59. The molecule has 0 bridgehead atoms. The van der Waals surface area contributed by atoms with Crippen molar-refractivity contribution in [3.8, 4) is 11.3 Å². The molecule has 3 aromatic rings. The van der Waals surface area contributed by atoms with E-state index in [1.165, 1.54) is 4.52 Å². The number of hydrogen-bond acceptors (Lipinski definition) is 2. The van der Waals surface area contributed by atoms with Crippen molar-refractivity contribution < 1.29 is 13.2 Å². The number of benzene rings is 1. The van der Waals surface area contributed by atoms with E-state index in [0.29, 0.717) is 15.7 Å². The van der Waals surface area contributed by atoms with Gasteiger partial charge < -0.3 is 0 Å². The molecule has 1 aromatic carbocycles. The Hall–Kier alpha value is -1.89. The van der Waals surface area contributed by atoms with Gasteiger partial charge in [0.05, 0.1) is 9.99 Å². The maximum absolute atomic E-state index is 12.7. The maximum atomic E-state index is 12.7. The van der Waals surface area contributed by atoms with Crippen LogP contribution in [-0.2, 0) is 6.18 Å². The number of hydrogen-bond donors (Lipinski definition) is 0. The molecule has 0 atom stereocenters. The first-order valence-corrected chi connectivity index (χ1v) is 6.42. The summed E-state index contributed by atoms with van der Waals surface area (Å²) in [6.07, 6.45) is -3.41. The molecule has 20 heavy (non-hydrogen) atoms. The third kappa shape index (κ3) is 2.18. The number of fused-ring (bicyclic) bond motifs is 1. The van der Waals surface area contributed by atoms with Crippen molar-refractivity contribution in [2.45, 2.75) is 6.18 Å². The first kappa shape index (κ1) is 13.1. The van der Waals surface area contributed by atoms with Crippen LogP contribution >= 0.6 is 15.9 Å². The van der Waals surface area contributed by atoms with Gasteiger partial charge in [0.2, 0.25) is 0 Å². The average molecular weight is 342 g/mol. The van der Waals surface area contributed by atoms with Gasteiger partial charge in [-0.05, 0) is 22.0 Å². The lowest BCUT2D eigenvalue weighted by Crippen LogP contribution is -2.08. The van der Waals surface area contributed by atoms with Gasteiger partial charge in [-0.15, -0.1) is 0 Å². The van der Waals surface area contributed by atoms with Crippen LogP contribution in [0.25, 0.3) is 16.8 Å². The standard InChI is InChI=1S/C13H7BrF3N3/c14-11-9-6-10(13(15,16)17)18-7-20(9)19-12(11)8-4-2-1-3-5-8/h1-7H. The molecule has 7 heteroatoms. The minimum Gasteiger partial charge on any atom is -0.232 e. The Morgan fingerprint density at radius 1 is 1.10 bits per heavy atom. The molecule has 102 valence electrons. The Bertz CT molecular complexity index is 766. The minimum absolute atomic E-state index is 0.325. The van der Waals surface area contributed by atoms with Crippen LogP contribution in [0.5, 0.6) is 0 Å². The Morgan fingerprint density at radius 2 is 1.80 bits per heavy atom. The zero-order valence-corrected chi connectivity index (χ0v) is 11.5. The predicted octanol–water partition coefficient (Wildman–Crippen LogP) is 4.18. The first-order valence-electron chi connectivity index (χ1n) is 5.63. The van der Waals surface area contributed by atoms with Crippen LogP contribution in [0, 0.1) is 0 Å². The van der Waals surface area contributed by atoms with E-state index in [9.17, 15) is 13.2 Å². The van der Waals surface area contributed by atoms with E-state index in [1.807, 2.05) is 30.3 Å². The molecule has 0 saturated carbocycles. The molecular formula is C13H7BrF3N3. The summed E-state index contributed by atoms with van der Waals surface area (Å²) in [6.45, 7) is 0. The Labute approximate surface area is 120 Å². The van der Waals surface area contributed by atoms with Crippen LogP contribution in [0.15, 0.2) is 47.2 Å². The summed E-state index contributed by atoms with van der Waals surface area (Å²) >= 11 is 3.31. The highest BCUT2D eigenvalue weighted by atomic mass is 79.9. The van der Waals surface area contributed by atoms with Crippen LogP contribution in [0.2, 0.25) is 0 Å². The monoisotopic (exact) mass is 341 g/mol. The van der Waals surface area contributed by atoms with Crippen molar-refractivity contribution in [1.82, 2.24) is 14.6 Å². The quantitative estimate of drug-likeness (QED) is 0.664. The Morgan fingerprint density at radius 3 is 2.45 bits per heavy atom. The zero-order chi connectivity index (χ0) is 14.3. The van der Waals surface area contributed by atoms with Crippen molar-refractivity contribution in [2.75, 3.05) is 0 Å². The molecule has 0 radical (unpaired) electrons. The average Bonchev–Trinajstić information content (AvgIpc) is 2.76. The van der Waals surface area contributed by atoms with Crippen LogP contribution in [0.1, 0.15) is 5.69 Å². The third-order valence-electron chi connectivity index (χ3n) is 2.80. The summed E-state index contributed by atoms with van der Waals surface area (Å²) in [7, 11) is 0. The van der Waals surface area contributed by atoms with E-state index >= 15 is 0 Å². The van der Waals surface area contributed by atoms with Gasteiger partial charge >= 0.3 is 6.18 Å². The third-order valence-corrected chi connectivity index (χ3v) is 3.59. The molecule has 0 fully saturated rings. The van der Waals surface area contributed by atoms with Crippen molar-refractivity contribution >= 4 is 21.4 Å². The van der Waals surface area contributed by atoms with Crippen molar-refractivity contribution in [1.29, 1.82) is 0 Å². The van der Waals surface area contributed by atoms with Gasteiger partial charge in [0.15, 0.2) is 0 Å². The number of nitrogens with zero attached hydrogens (tertiary/aromatic N) is 3. The second-order valence-corrected chi connectivity index (χ2v) is 4.92. The van der Waals surface area contributed by atoms with Gasteiger partial charge in [0.1, 0.15) is 17.7 Å². The van der Waals surface area contributed by atoms with E-state index in [1.54, 1.807) is 0 Å². The second-order valence-electron chi connectivity index (χ2n) is 4.13. The summed E-state index contributed by atoms with van der Waals surface area (Å²) in [5.74, 6) is 0. The van der Waals surface area contributed by atoms with Crippen molar-refractivity contribution in [2.24, 2.45) is 0 Å². The number of alkyl halides is 3. The lowest BCUT2D eigenvalue weighted by atomic mass is 10.1. The van der Waals surface area contributed by atoms with Crippen LogP contribution in [0.3, 0.4) is 0 Å². The fourth-order valence-corrected chi connectivity index (χ4v) is 2.47. The number of rotatable bonds is 1. The lowest BCUT2D eigenvalue weighted by Gasteiger charge is -2.04. The van der Waals surface area contributed by atoms with Gasteiger partial charge in [0.25, 0.3) is 0 Å². The van der Waals surface area contributed by atoms with E-state index in [2.05, 4.69) is 26.0 Å². The van der Waals surface area contributed by atoms with Crippen LogP contribution in [-0.4, -0.2) is 14.6 Å². The highest BCUT2D eigenvalue weighted by Crippen LogP contribution is 2.34. The largest absolute Gasteiger partial charge is 0.433 e. The molecule has 0 aliphatic carbocycles. The van der Waals surface area contributed by atoms with E-state index in [-0.39, 0.29) is 0 Å². The molecule has 0 N–H and O–H groups in total. The van der Waals surface area contributed by atoms with Gasteiger partial charge in [-0.2, -0.15) is 18.3 Å². The Kier molecular flexibility index (Phi) is 3.01. The van der Waals surface area contributed by atoms with Crippen molar-refractivity contribution in [3.63, 3.8) is 0 Å². The number of halogens is 4. The molecule has 3 nitrogen and oxygen atoms in total. The van der Waals surface area contributed by atoms with E-state index < -0.39 is 11.9 Å². The van der Waals surface area contributed by atoms with Crippen LogP contribution in [0.4, 0.5) is 13.2 Å². The summed E-state index contributed by atoms with van der Waals surface area (Å²) in [4.78, 5) is 3.38. The molecule has 0 aliphatic heterocycles. The Balaban J connectivity index is 2.21. The van der Waals surface area contributed by atoms with E-state index in [4.69, 9.17) is 0 Å². The van der Waals surface area contributed by atoms with Crippen LogP contribution < -0.4 is 0 Å². The van der Waals surface area contributed by atoms with Gasteiger partial charge in [0, 0.05) is 5.56 Å². The fourth-order valence-electron chi connectivity index (χ4n) is 1.86. The molecule has 0 unspecified atom stereocenters. The minimum atomic E-state index is -4.47. The molecule has 2 aromatic heterocycles. The SMILES string of the molecule is FC(F)(F)c1cc2c(Br)c(-c3ccccc3)nn2cn1. The number of aromatic nitrogens is 3. The van der Waals surface area contributed by atoms with Gasteiger partial charge in [-0.25, -0.2) is 9.50 Å². The molecular weight excluding hydrogens is 335 g/mol. The summed E-state index contributed by atoms with van der Waals surface area (Å²) < 4.78 is 39.8. The summed E-state index contributed by atoms with van der Waals surface area (Å²) in [5.41, 5.74) is 0.778. The summed E-state index contributed by atoms with van der Waals surface area (Å²) in [6, 6.07) is 10.2. The molecule has 3 rings (SSSR count). The zero-order valence-electron chi connectivity index (χ0n) is 9.89. The molecule has 0 spiro atoms. The first-order chi connectivity index (χ1) is 9.47. The molecule has 0 amide bonds. The highest BCUT2D eigenvalue weighted by molar-refractivity contribution is 9.10. The molecule has 2 heterocycles. The van der Waals surface area contributed by atoms with Crippen molar-refractivity contribution in [3.05, 3.63) is 52.9 Å². The molecule has 0 saturated heterocycles. The fraction of sp³-hybridized carbons (Fsp3) is 0.0769. The smallest absolute Gasteiger partial charge is 0.232 e. The predicted molar refractivity (Wildman–Crippen MR) is 71.1 cm³/mol. The van der Waals surface area contributed by atoms with Gasteiger partial charge in [-0.3, -0.25) is 0 Å². The maximum Gasteiger partial charge on any atom is 0.433 e. The van der Waals surface area contributed by atoms with E-state index in [0.717, 1.165) is 18.0 Å². The molecule has 0 aliphatic rings. The highest BCUT2D eigenvalue weighted by Gasteiger charge is 2.33. The summed E-state index contributed by atoms with van der Waals surface area (Å²) in [5, 5.41) is 4.25. The normalized spacial score (nSPS) is 12.0.